The molecule has 0 bridgehead atoms. The number of rotatable bonds is 2. The summed E-state index contributed by atoms with van der Waals surface area (Å²) in [6, 6.07) is 1.78. The monoisotopic (exact) mass is 153 g/mol. The van der Waals surface area contributed by atoms with Gasteiger partial charge in [0, 0.05) is 11.3 Å². The minimum absolute atomic E-state index is 0.00995. The summed E-state index contributed by atoms with van der Waals surface area (Å²) in [5, 5.41) is 8.84. The highest BCUT2D eigenvalue weighted by Crippen LogP contribution is 2.13. The highest BCUT2D eigenvalue weighted by atomic mass is 16.5. The van der Waals surface area contributed by atoms with Crippen LogP contribution < -0.4 is 4.74 Å². The molecule has 0 unspecified atom stereocenters. The van der Waals surface area contributed by atoms with Crippen molar-refractivity contribution in [3.63, 3.8) is 0 Å². The highest BCUT2D eigenvalue weighted by Gasteiger charge is 1.99. The summed E-state index contributed by atoms with van der Waals surface area (Å²) >= 11 is 0. The van der Waals surface area contributed by atoms with Gasteiger partial charge < -0.3 is 9.84 Å². The van der Waals surface area contributed by atoms with E-state index in [4.69, 9.17) is 9.84 Å². The predicted octanol–water partition coefficient (Wildman–Crippen LogP) is 0.891. The van der Waals surface area contributed by atoms with Crippen LogP contribution in [0.5, 0.6) is 5.75 Å². The fourth-order valence-electron chi connectivity index (χ4n) is 0.828. The minimum Gasteiger partial charge on any atom is -0.495 e. The summed E-state index contributed by atoms with van der Waals surface area (Å²) in [6.45, 7) is 1.86. The van der Waals surface area contributed by atoms with E-state index >= 15 is 0 Å². The van der Waals surface area contributed by atoms with Crippen molar-refractivity contribution in [2.24, 2.45) is 0 Å². The Labute approximate surface area is 65.7 Å². The van der Waals surface area contributed by atoms with E-state index in [1.165, 1.54) is 0 Å². The fourth-order valence-corrected chi connectivity index (χ4v) is 0.828. The molecule has 1 rings (SSSR count). The number of methoxy groups -OCH3 is 1. The molecular formula is C8H11NO2. The first-order chi connectivity index (χ1) is 5.27. The average molecular weight is 153 g/mol. The van der Waals surface area contributed by atoms with Crippen LogP contribution >= 0.6 is 0 Å². The maximum Gasteiger partial charge on any atom is 0.137 e. The lowest BCUT2D eigenvalue weighted by atomic mass is 10.2. The maximum absolute atomic E-state index is 8.84. The van der Waals surface area contributed by atoms with Crippen LogP contribution in [0.3, 0.4) is 0 Å². The third-order valence-electron chi connectivity index (χ3n) is 1.57. The molecule has 0 radical (unpaired) electrons. The number of aromatic nitrogens is 1. The van der Waals surface area contributed by atoms with E-state index in [0.717, 1.165) is 11.3 Å². The molecule has 1 aromatic rings. The second-order valence-corrected chi connectivity index (χ2v) is 2.28. The molecular weight excluding hydrogens is 142 g/mol. The van der Waals surface area contributed by atoms with E-state index in [1.807, 2.05) is 6.92 Å². The van der Waals surface area contributed by atoms with Gasteiger partial charge in [-0.15, -0.1) is 0 Å². The van der Waals surface area contributed by atoms with Crippen LogP contribution in [0.2, 0.25) is 0 Å². The van der Waals surface area contributed by atoms with Gasteiger partial charge in [0.05, 0.1) is 19.9 Å². The third kappa shape index (κ3) is 1.68. The van der Waals surface area contributed by atoms with Gasteiger partial charge in [0.2, 0.25) is 0 Å². The molecule has 3 heteroatoms. The molecule has 1 heterocycles. The SMILES string of the molecule is COc1cnc(C)c(CO)c1. The molecule has 1 aromatic heterocycles. The van der Waals surface area contributed by atoms with Gasteiger partial charge in [0.1, 0.15) is 5.75 Å². The smallest absolute Gasteiger partial charge is 0.137 e. The van der Waals surface area contributed by atoms with Gasteiger partial charge >= 0.3 is 0 Å². The normalized spacial score (nSPS) is 9.73. The maximum atomic E-state index is 8.84. The summed E-state index contributed by atoms with van der Waals surface area (Å²) in [5.41, 5.74) is 1.65. The molecule has 11 heavy (non-hydrogen) atoms. The van der Waals surface area contributed by atoms with Crippen molar-refractivity contribution in [1.82, 2.24) is 4.98 Å². The minimum atomic E-state index is 0.00995. The Morgan fingerprint density at radius 2 is 2.36 bits per heavy atom. The fraction of sp³-hybridized carbons (Fsp3) is 0.375. The summed E-state index contributed by atoms with van der Waals surface area (Å²) < 4.78 is 4.94. The van der Waals surface area contributed by atoms with E-state index in [-0.39, 0.29) is 6.61 Å². The molecule has 0 saturated heterocycles. The lowest BCUT2D eigenvalue weighted by Crippen LogP contribution is -1.93. The van der Waals surface area contributed by atoms with Crippen molar-refractivity contribution in [3.8, 4) is 5.75 Å². The van der Waals surface area contributed by atoms with Crippen molar-refractivity contribution in [1.29, 1.82) is 0 Å². The van der Waals surface area contributed by atoms with Crippen molar-refractivity contribution >= 4 is 0 Å². The zero-order valence-electron chi connectivity index (χ0n) is 6.66. The first kappa shape index (κ1) is 8.01. The summed E-state index contributed by atoms with van der Waals surface area (Å²) in [7, 11) is 1.58. The Balaban J connectivity index is 3.02. The molecule has 0 aromatic carbocycles. The van der Waals surface area contributed by atoms with Crippen LogP contribution in [-0.4, -0.2) is 17.2 Å². The van der Waals surface area contributed by atoms with Gasteiger partial charge in [-0.25, -0.2) is 0 Å². The van der Waals surface area contributed by atoms with Crippen LogP contribution in [0.1, 0.15) is 11.3 Å². The van der Waals surface area contributed by atoms with E-state index < -0.39 is 0 Å². The molecule has 1 N–H and O–H groups in total. The van der Waals surface area contributed by atoms with Crippen LogP contribution in [0.15, 0.2) is 12.3 Å². The first-order valence-corrected chi connectivity index (χ1v) is 3.38. The Morgan fingerprint density at radius 3 is 2.91 bits per heavy atom. The largest absolute Gasteiger partial charge is 0.495 e. The zero-order valence-corrected chi connectivity index (χ0v) is 6.66. The van der Waals surface area contributed by atoms with Crippen molar-refractivity contribution in [2.45, 2.75) is 13.5 Å². The van der Waals surface area contributed by atoms with Gasteiger partial charge in [-0.1, -0.05) is 0 Å². The molecule has 3 nitrogen and oxygen atoms in total. The van der Waals surface area contributed by atoms with Crippen molar-refractivity contribution < 1.29 is 9.84 Å². The molecule has 0 spiro atoms. The molecule has 0 aliphatic carbocycles. The number of aryl methyl sites for hydroxylation is 1. The summed E-state index contributed by atoms with van der Waals surface area (Å²) in [5.74, 6) is 0.680. The summed E-state index contributed by atoms with van der Waals surface area (Å²) in [6.07, 6.45) is 1.63. The molecule has 0 aliphatic rings. The third-order valence-corrected chi connectivity index (χ3v) is 1.57. The van der Waals surface area contributed by atoms with Gasteiger partial charge in [-0.3, -0.25) is 4.98 Å². The quantitative estimate of drug-likeness (QED) is 0.686. The number of ether oxygens (including phenoxy) is 1. The number of hydrogen-bond acceptors (Lipinski definition) is 3. The Hall–Kier alpha value is -1.09. The number of aliphatic hydroxyl groups excluding tert-OH is 1. The Bertz CT molecular complexity index is 248. The predicted molar refractivity (Wildman–Crippen MR) is 41.4 cm³/mol. The zero-order chi connectivity index (χ0) is 8.27. The number of nitrogens with zero attached hydrogens (tertiary/aromatic N) is 1. The number of pyridine rings is 1. The second kappa shape index (κ2) is 3.34. The molecule has 60 valence electrons. The lowest BCUT2D eigenvalue weighted by Gasteiger charge is -2.03. The van der Waals surface area contributed by atoms with E-state index in [9.17, 15) is 0 Å². The van der Waals surface area contributed by atoms with Crippen LogP contribution in [0.25, 0.3) is 0 Å². The topological polar surface area (TPSA) is 42.4 Å². The number of aliphatic hydroxyl groups is 1. The van der Waals surface area contributed by atoms with Gasteiger partial charge in [-0.2, -0.15) is 0 Å². The van der Waals surface area contributed by atoms with E-state index in [2.05, 4.69) is 4.98 Å². The van der Waals surface area contributed by atoms with Crippen molar-refractivity contribution in [2.75, 3.05) is 7.11 Å². The average Bonchev–Trinajstić information content (AvgIpc) is 2.05. The lowest BCUT2D eigenvalue weighted by molar-refractivity contribution is 0.279. The van der Waals surface area contributed by atoms with Crippen LogP contribution in [-0.2, 0) is 6.61 Å². The highest BCUT2D eigenvalue weighted by molar-refractivity contribution is 5.27. The second-order valence-electron chi connectivity index (χ2n) is 2.28. The Kier molecular flexibility index (Phi) is 2.44. The first-order valence-electron chi connectivity index (χ1n) is 3.38. The van der Waals surface area contributed by atoms with Crippen LogP contribution in [0, 0.1) is 6.92 Å². The van der Waals surface area contributed by atoms with E-state index in [1.54, 1.807) is 19.4 Å². The van der Waals surface area contributed by atoms with Gasteiger partial charge in [0.15, 0.2) is 0 Å². The molecule has 0 fully saturated rings. The molecule has 0 aliphatic heterocycles. The molecule has 0 saturated carbocycles. The number of hydrogen-bond donors (Lipinski definition) is 1. The molecule has 0 atom stereocenters. The van der Waals surface area contributed by atoms with Crippen molar-refractivity contribution in [3.05, 3.63) is 23.5 Å². The van der Waals surface area contributed by atoms with E-state index in [0.29, 0.717) is 5.75 Å². The van der Waals surface area contributed by atoms with Crippen LogP contribution in [0.4, 0.5) is 0 Å². The standard InChI is InChI=1S/C8H11NO2/c1-6-7(5-10)3-8(11-2)4-9-6/h3-4,10H,5H2,1-2H3. The van der Waals surface area contributed by atoms with Gasteiger partial charge in [-0.05, 0) is 13.0 Å². The molecule has 0 amide bonds. The Morgan fingerprint density at radius 1 is 1.64 bits per heavy atom. The summed E-state index contributed by atoms with van der Waals surface area (Å²) in [4.78, 5) is 4.04. The van der Waals surface area contributed by atoms with Gasteiger partial charge in [0.25, 0.3) is 0 Å².